The molecule has 7 nitrogen and oxygen atoms in total. The first-order chi connectivity index (χ1) is 9.40. The lowest BCUT2D eigenvalue weighted by Gasteiger charge is -2.09. The van der Waals surface area contributed by atoms with Crippen LogP contribution in [0.2, 0.25) is 0 Å². The highest BCUT2D eigenvalue weighted by Crippen LogP contribution is 2.33. The highest BCUT2D eigenvalue weighted by atomic mass is 16.6. The van der Waals surface area contributed by atoms with Crippen LogP contribution in [0, 0.1) is 24.0 Å². The molecule has 0 atom stereocenters. The molecule has 2 aromatic heterocycles. The molecule has 0 radical (unpaired) electrons. The summed E-state index contributed by atoms with van der Waals surface area (Å²) in [5, 5.41) is 15.0. The number of nitrogens with zero attached hydrogens (tertiary/aromatic N) is 3. The molecule has 0 bridgehead atoms. The van der Waals surface area contributed by atoms with Gasteiger partial charge in [0.25, 0.3) is 5.88 Å². The molecule has 0 saturated carbocycles. The molecule has 0 fully saturated rings. The first kappa shape index (κ1) is 14.0. The summed E-state index contributed by atoms with van der Waals surface area (Å²) in [7, 11) is 0. The van der Waals surface area contributed by atoms with E-state index in [1.807, 2.05) is 0 Å². The van der Waals surface area contributed by atoms with Gasteiger partial charge in [-0.05, 0) is 27.7 Å². The average molecular weight is 277 g/mol. The van der Waals surface area contributed by atoms with E-state index in [-0.39, 0.29) is 17.7 Å². The van der Waals surface area contributed by atoms with Crippen LogP contribution >= 0.6 is 0 Å². The van der Waals surface area contributed by atoms with Crippen LogP contribution in [-0.2, 0) is 0 Å². The van der Waals surface area contributed by atoms with Gasteiger partial charge in [-0.3, -0.25) is 10.1 Å². The van der Waals surface area contributed by atoms with E-state index in [0.29, 0.717) is 17.0 Å². The maximum Gasteiger partial charge on any atom is 0.331 e. The zero-order chi connectivity index (χ0) is 14.9. The van der Waals surface area contributed by atoms with Crippen molar-refractivity contribution in [1.82, 2.24) is 10.1 Å². The standard InChI is InChI=1S/C13H15N3O4/c1-7(2)19-13-11(16(17)18)5-10(6-14-13)12-8(3)15-20-9(12)4/h5-7H,1-4H3. The summed E-state index contributed by atoms with van der Waals surface area (Å²) < 4.78 is 10.4. The summed E-state index contributed by atoms with van der Waals surface area (Å²) in [6, 6.07) is 1.43. The summed E-state index contributed by atoms with van der Waals surface area (Å²) in [5.41, 5.74) is 1.80. The van der Waals surface area contributed by atoms with Gasteiger partial charge in [0.15, 0.2) is 0 Å². The van der Waals surface area contributed by atoms with Crippen LogP contribution in [0.3, 0.4) is 0 Å². The molecule has 7 heteroatoms. The second-order valence-corrected chi connectivity index (χ2v) is 4.67. The Labute approximate surface area is 115 Å². The maximum absolute atomic E-state index is 11.1. The Bertz CT molecular complexity index is 630. The fraction of sp³-hybridized carbons (Fsp3) is 0.385. The van der Waals surface area contributed by atoms with Gasteiger partial charge in [-0.2, -0.15) is 0 Å². The van der Waals surface area contributed by atoms with Gasteiger partial charge in [0.2, 0.25) is 0 Å². The van der Waals surface area contributed by atoms with E-state index in [4.69, 9.17) is 9.26 Å². The van der Waals surface area contributed by atoms with Crippen molar-refractivity contribution < 1.29 is 14.2 Å². The van der Waals surface area contributed by atoms with Gasteiger partial charge < -0.3 is 9.26 Å². The number of ether oxygens (including phenoxy) is 1. The molecule has 2 aromatic rings. The van der Waals surface area contributed by atoms with Crippen molar-refractivity contribution in [2.45, 2.75) is 33.8 Å². The van der Waals surface area contributed by atoms with Crippen molar-refractivity contribution in [1.29, 1.82) is 0 Å². The normalized spacial score (nSPS) is 10.8. The minimum atomic E-state index is -0.508. The average Bonchev–Trinajstić information content (AvgIpc) is 2.69. The van der Waals surface area contributed by atoms with Gasteiger partial charge in [0, 0.05) is 23.4 Å². The molecule has 0 N–H and O–H groups in total. The van der Waals surface area contributed by atoms with Crippen molar-refractivity contribution in [2.75, 3.05) is 0 Å². The first-order valence-electron chi connectivity index (χ1n) is 6.14. The molecular weight excluding hydrogens is 262 g/mol. The summed E-state index contributed by atoms with van der Waals surface area (Å²) in [6.07, 6.45) is 1.34. The fourth-order valence-electron chi connectivity index (χ4n) is 1.92. The zero-order valence-electron chi connectivity index (χ0n) is 11.7. The van der Waals surface area contributed by atoms with Crippen LogP contribution in [-0.4, -0.2) is 21.2 Å². The highest BCUT2D eigenvalue weighted by molar-refractivity contribution is 5.70. The summed E-state index contributed by atoms with van der Waals surface area (Å²) in [6.45, 7) is 7.09. The third kappa shape index (κ3) is 2.61. The molecule has 0 aliphatic rings. The number of nitro groups is 1. The Hall–Kier alpha value is -2.44. The molecule has 2 rings (SSSR count). The summed E-state index contributed by atoms with van der Waals surface area (Å²) >= 11 is 0. The van der Waals surface area contributed by atoms with E-state index in [1.165, 1.54) is 12.3 Å². The van der Waals surface area contributed by atoms with Crippen molar-refractivity contribution in [3.05, 3.63) is 33.8 Å². The zero-order valence-corrected chi connectivity index (χ0v) is 11.7. The Morgan fingerprint density at radius 1 is 1.40 bits per heavy atom. The van der Waals surface area contributed by atoms with Crippen molar-refractivity contribution in [2.24, 2.45) is 0 Å². The molecule has 0 unspecified atom stereocenters. The summed E-state index contributed by atoms with van der Waals surface area (Å²) in [4.78, 5) is 14.7. The third-order valence-corrected chi connectivity index (χ3v) is 2.70. The van der Waals surface area contributed by atoms with Crippen LogP contribution in [0.15, 0.2) is 16.8 Å². The van der Waals surface area contributed by atoms with Crippen LogP contribution in [0.25, 0.3) is 11.1 Å². The lowest BCUT2D eigenvalue weighted by Crippen LogP contribution is -2.09. The third-order valence-electron chi connectivity index (χ3n) is 2.70. The number of rotatable bonds is 4. The molecule has 0 aromatic carbocycles. The predicted octanol–water partition coefficient (Wildman–Crippen LogP) is 3.05. The SMILES string of the molecule is Cc1noc(C)c1-c1cnc(OC(C)C)c([N+](=O)[O-])c1. The maximum atomic E-state index is 11.1. The van der Waals surface area contributed by atoms with Crippen LogP contribution in [0.4, 0.5) is 5.69 Å². The van der Waals surface area contributed by atoms with E-state index in [1.54, 1.807) is 27.7 Å². The van der Waals surface area contributed by atoms with Crippen molar-refractivity contribution >= 4 is 5.69 Å². The second kappa shape index (κ2) is 5.28. The van der Waals surface area contributed by atoms with Crippen LogP contribution in [0.5, 0.6) is 5.88 Å². The fourth-order valence-corrected chi connectivity index (χ4v) is 1.92. The van der Waals surface area contributed by atoms with Gasteiger partial charge in [-0.1, -0.05) is 5.16 Å². The van der Waals surface area contributed by atoms with E-state index in [9.17, 15) is 10.1 Å². The number of pyridine rings is 1. The van der Waals surface area contributed by atoms with E-state index >= 15 is 0 Å². The van der Waals surface area contributed by atoms with Crippen LogP contribution < -0.4 is 4.74 Å². The van der Waals surface area contributed by atoms with Crippen molar-refractivity contribution in [3.8, 4) is 17.0 Å². The second-order valence-electron chi connectivity index (χ2n) is 4.67. The minimum absolute atomic E-state index is 0.0144. The van der Waals surface area contributed by atoms with E-state index in [2.05, 4.69) is 10.1 Å². The van der Waals surface area contributed by atoms with E-state index < -0.39 is 4.92 Å². The Balaban J connectivity index is 2.53. The molecule has 0 aliphatic carbocycles. The smallest absolute Gasteiger partial charge is 0.331 e. The molecule has 0 amide bonds. The minimum Gasteiger partial charge on any atom is -0.470 e. The monoisotopic (exact) mass is 277 g/mol. The number of hydrogen-bond donors (Lipinski definition) is 0. The van der Waals surface area contributed by atoms with Gasteiger partial charge in [0.1, 0.15) is 5.76 Å². The molecule has 0 spiro atoms. The Morgan fingerprint density at radius 2 is 2.10 bits per heavy atom. The lowest BCUT2D eigenvalue weighted by molar-refractivity contribution is -0.386. The number of aryl methyl sites for hydroxylation is 2. The van der Waals surface area contributed by atoms with Crippen molar-refractivity contribution in [3.63, 3.8) is 0 Å². The highest BCUT2D eigenvalue weighted by Gasteiger charge is 2.22. The molecule has 20 heavy (non-hydrogen) atoms. The number of hydrogen-bond acceptors (Lipinski definition) is 6. The Morgan fingerprint density at radius 3 is 2.60 bits per heavy atom. The largest absolute Gasteiger partial charge is 0.470 e. The van der Waals surface area contributed by atoms with Crippen LogP contribution in [0.1, 0.15) is 25.3 Å². The number of aromatic nitrogens is 2. The molecular formula is C13H15N3O4. The molecule has 0 aliphatic heterocycles. The van der Waals surface area contributed by atoms with Gasteiger partial charge in [0.05, 0.1) is 16.7 Å². The molecule has 2 heterocycles. The van der Waals surface area contributed by atoms with Gasteiger partial charge in [-0.25, -0.2) is 4.98 Å². The quantitative estimate of drug-likeness (QED) is 0.630. The lowest BCUT2D eigenvalue weighted by atomic mass is 10.1. The van der Waals surface area contributed by atoms with Gasteiger partial charge >= 0.3 is 5.69 Å². The first-order valence-corrected chi connectivity index (χ1v) is 6.14. The molecule has 106 valence electrons. The predicted molar refractivity (Wildman–Crippen MR) is 71.6 cm³/mol. The van der Waals surface area contributed by atoms with Gasteiger partial charge in [-0.15, -0.1) is 0 Å². The summed E-state index contributed by atoms with van der Waals surface area (Å²) in [5.74, 6) is 0.608. The molecule has 0 saturated heterocycles. The topological polar surface area (TPSA) is 91.3 Å². The van der Waals surface area contributed by atoms with E-state index in [0.717, 1.165) is 5.56 Å². The Kier molecular flexibility index (Phi) is 3.69.